The molecule has 0 aliphatic heterocycles. The lowest BCUT2D eigenvalue weighted by Gasteiger charge is -2.10. The van der Waals surface area contributed by atoms with Gasteiger partial charge in [-0.2, -0.15) is 5.10 Å². The van der Waals surface area contributed by atoms with Gasteiger partial charge in [-0.25, -0.2) is 4.68 Å². The first-order valence-electron chi connectivity index (χ1n) is 8.34. The first-order chi connectivity index (χ1) is 11.7. The topological polar surface area (TPSA) is 90.1 Å². The maximum Gasteiger partial charge on any atom is 0.269 e. The minimum Gasteiger partial charge on any atom is -0.350 e. The molecule has 0 atom stereocenters. The monoisotopic (exact) mass is 344 g/mol. The Labute approximate surface area is 147 Å². The molecular formula is C18H24N4O3. The van der Waals surface area contributed by atoms with Crippen LogP contribution in [-0.2, 0) is 6.42 Å². The third-order valence-electron chi connectivity index (χ3n) is 3.74. The Morgan fingerprint density at radius 3 is 2.32 bits per heavy atom. The molecule has 1 heterocycles. The number of hydrogen-bond donors (Lipinski definition) is 1. The van der Waals surface area contributed by atoms with Gasteiger partial charge >= 0.3 is 0 Å². The quantitative estimate of drug-likeness (QED) is 0.642. The molecule has 0 fully saturated rings. The Bertz CT molecular complexity index is 776. The highest BCUT2D eigenvalue weighted by Crippen LogP contribution is 2.22. The zero-order valence-electron chi connectivity index (χ0n) is 15.2. The van der Waals surface area contributed by atoms with E-state index in [9.17, 15) is 14.9 Å². The second-order valence-corrected chi connectivity index (χ2v) is 6.82. The number of amides is 1. The molecule has 0 saturated carbocycles. The van der Waals surface area contributed by atoms with Gasteiger partial charge in [-0.3, -0.25) is 14.9 Å². The number of hydrogen-bond acceptors (Lipinski definition) is 4. The number of non-ortho nitro benzene ring substituents is 1. The lowest BCUT2D eigenvalue weighted by atomic mass is 10.0. The van der Waals surface area contributed by atoms with Crippen LogP contribution in [0.5, 0.6) is 0 Å². The van der Waals surface area contributed by atoms with Crippen molar-refractivity contribution in [2.24, 2.45) is 5.92 Å². The number of rotatable bonds is 6. The molecule has 1 amide bonds. The minimum atomic E-state index is -0.439. The Balaban J connectivity index is 2.50. The van der Waals surface area contributed by atoms with E-state index in [0.717, 1.165) is 11.4 Å². The van der Waals surface area contributed by atoms with Crippen LogP contribution in [0.2, 0.25) is 0 Å². The van der Waals surface area contributed by atoms with Gasteiger partial charge in [-0.1, -0.05) is 13.8 Å². The smallest absolute Gasteiger partial charge is 0.269 e. The van der Waals surface area contributed by atoms with Crippen molar-refractivity contribution >= 4 is 11.6 Å². The van der Waals surface area contributed by atoms with Gasteiger partial charge in [0.15, 0.2) is 0 Å². The second-order valence-electron chi connectivity index (χ2n) is 6.82. The van der Waals surface area contributed by atoms with Crippen molar-refractivity contribution in [3.05, 3.63) is 51.3 Å². The standard InChI is InChI=1S/C18H24N4O3/c1-11(2)10-16-17(18(23)19-12(3)4)13(5)21(20-16)14-6-8-15(9-7-14)22(24)25/h6-9,11-12H,10H2,1-5H3,(H,19,23). The number of nitrogens with one attached hydrogen (secondary N) is 1. The summed E-state index contributed by atoms with van der Waals surface area (Å²) in [6.45, 7) is 9.81. The predicted molar refractivity (Wildman–Crippen MR) is 96.1 cm³/mol. The van der Waals surface area contributed by atoms with E-state index < -0.39 is 4.92 Å². The van der Waals surface area contributed by atoms with Gasteiger partial charge in [0.1, 0.15) is 0 Å². The average Bonchev–Trinajstić information content (AvgIpc) is 2.82. The number of carbonyl (C=O) groups is 1. The molecule has 0 bridgehead atoms. The van der Waals surface area contributed by atoms with Crippen molar-refractivity contribution in [3.8, 4) is 5.69 Å². The third kappa shape index (κ3) is 4.23. The van der Waals surface area contributed by atoms with Crippen molar-refractivity contribution < 1.29 is 9.72 Å². The highest BCUT2D eigenvalue weighted by molar-refractivity contribution is 5.96. The summed E-state index contributed by atoms with van der Waals surface area (Å²) in [5, 5.41) is 18.3. The molecule has 25 heavy (non-hydrogen) atoms. The fourth-order valence-electron chi connectivity index (χ4n) is 2.69. The first kappa shape index (κ1) is 18.6. The molecule has 1 aromatic carbocycles. The first-order valence-corrected chi connectivity index (χ1v) is 8.34. The van der Waals surface area contributed by atoms with E-state index in [1.807, 2.05) is 20.8 Å². The molecular weight excluding hydrogens is 320 g/mol. The van der Waals surface area contributed by atoms with Crippen LogP contribution >= 0.6 is 0 Å². The average molecular weight is 344 g/mol. The Kier molecular flexibility index (Phi) is 5.56. The summed E-state index contributed by atoms with van der Waals surface area (Å²) in [6, 6.07) is 6.18. The number of benzene rings is 1. The molecule has 0 unspecified atom stereocenters. The third-order valence-corrected chi connectivity index (χ3v) is 3.74. The van der Waals surface area contributed by atoms with Crippen LogP contribution in [0.1, 0.15) is 49.4 Å². The van der Waals surface area contributed by atoms with E-state index in [2.05, 4.69) is 24.3 Å². The predicted octanol–water partition coefficient (Wildman–Crippen LogP) is 3.43. The summed E-state index contributed by atoms with van der Waals surface area (Å²) in [5.41, 5.74) is 2.76. The largest absolute Gasteiger partial charge is 0.350 e. The van der Waals surface area contributed by atoms with Crippen molar-refractivity contribution in [3.63, 3.8) is 0 Å². The molecule has 0 spiro atoms. The summed E-state index contributed by atoms with van der Waals surface area (Å²) in [7, 11) is 0. The molecule has 0 radical (unpaired) electrons. The van der Waals surface area contributed by atoms with Gasteiger partial charge in [-0.05, 0) is 45.2 Å². The highest BCUT2D eigenvalue weighted by Gasteiger charge is 2.23. The van der Waals surface area contributed by atoms with Gasteiger partial charge in [0.25, 0.3) is 11.6 Å². The molecule has 2 rings (SSSR count). The Morgan fingerprint density at radius 2 is 1.84 bits per heavy atom. The highest BCUT2D eigenvalue weighted by atomic mass is 16.6. The zero-order valence-corrected chi connectivity index (χ0v) is 15.2. The van der Waals surface area contributed by atoms with Crippen LogP contribution in [0.3, 0.4) is 0 Å². The van der Waals surface area contributed by atoms with Crippen LogP contribution in [0.4, 0.5) is 5.69 Å². The van der Waals surface area contributed by atoms with Gasteiger partial charge in [0.2, 0.25) is 0 Å². The number of aromatic nitrogens is 2. The number of carbonyl (C=O) groups excluding carboxylic acids is 1. The summed E-state index contributed by atoms with van der Waals surface area (Å²) in [4.78, 5) is 23.0. The molecule has 1 N–H and O–H groups in total. The van der Waals surface area contributed by atoms with Crippen molar-refractivity contribution in [1.29, 1.82) is 0 Å². The maximum atomic E-state index is 12.6. The number of nitro groups is 1. The van der Waals surface area contributed by atoms with Crippen molar-refractivity contribution in [2.75, 3.05) is 0 Å². The normalized spacial score (nSPS) is 11.2. The molecule has 7 nitrogen and oxygen atoms in total. The van der Waals surface area contributed by atoms with E-state index >= 15 is 0 Å². The van der Waals surface area contributed by atoms with Crippen molar-refractivity contribution in [1.82, 2.24) is 15.1 Å². The lowest BCUT2D eigenvalue weighted by molar-refractivity contribution is -0.384. The molecule has 7 heteroatoms. The SMILES string of the molecule is Cc1c(C(=O)NC(C)C)c(CC(C)C)nn1-c1ccc([N+](=O)[O-])cc1. The summed E-state index contributed by atoms with van der Waals surface area (Å²) in [6.07, 6.45) is 0.682. The summed E-state index contributed by atoms with van der Waals surface area (Å²) >= 11 is 0. The van der Waals surface area contributed by atoms with Gasteiger partial charge < -0.3 is 5.32 Å². The molecule has 0 saturated heterocycles. The molecule has 0 aliphatic carbocycles. The van der Waals surface area contributed by atoms with E-state index in [-0.39, 0.29) is 17.6 Å². The van der Waals surface area contributed by atoms with Gasteiger partial charge in [-0.15, -0.1) is 0 Å². The lowest BCUT2D eigenvalue weighted by Crippen LogP contribution is -2.31. The second kappa shape index (κ2) is 7.46. The zero-order chi connectivity index (χ0) is 18.7. The van der Waals surface area contributed by atoms with Crippen LogP contribution in [0.25, 0.3) is 5.69 Å². The summed E-state index contributed by atoms with van der Waals surface area (Å²) < 4.78 is 1.68. The van der Waals surface area contributed by atoms with E-state index in [1.54, 1.807) is 16.8 Å². The minimum absolute atomic E-state index is 0.0220. The molecule has 1 aromatic heterocycles. The number of nitrogens with zero attached hydrogens (tertiary/aromatic N) is 3. The van der Waals surface area contributed by atoms with E-state index in [4.69, 9.17) is 0 Å². The maximum absolute atomic E-state index is 12.6. The van der Waals surface area contributed by atoms with Crippen LogP contribution in [-0.4, -0.2) is 26.7 Å². The Hall–Kier alpha value is -2.70. The van der Waals surface area contributed by atoms with E-state index in [1.165, 1.54) is 12.1 Å². The van der Waals surface area contributed by atoms with Crippen LogP contribution in [0.15, 0.2) is 24.3 Å². The van der Waals surface area contributed by atoms with E-state index in [0.29, 0.717) is 23.6 Å². The fourth-order valence-corrected chi connectivity index (χ4v) is 2.69. The molecule has 134 valence electrons. The Morgan fingerprint density at radius 1 is 1.24 bits per heavy atom. The van der Waals surface area contributed by atoms with Gasteiger partial charge in [0, 0.05) is 18.2 Å². The van der Waals surface area contributed by atoms with Crippen LogP contribution in [0, 0.1) is 23.0 Å². The fraction of sp³-hybridized carbons (Fsp3) is 0.444. The molecule has 0 aliphatic rings. The molecule has 2 aromatic rings. The summed E-state index contributed by atoms with van der Waals surface area (Å²) in [5.74, 6) is 0.210. The van der Waals surface area contributed by atoms with Crippen molar-refractivity contribution in [2.45, 2.75) is 47.1 Å². The number of nitro benzene ring substituents is 1. The van der Waals surface area contributed by atoms with Crippen LogP contribution < -0.4 is 5.32 Å². The van der Waals surface area contributed by atoms with Gasteiger partial charge in [0.05, 0.1) is 27.6 Å².